The van der Waals surface area contributed by atoms with Gasteiger partial charge in [0.05, 0.1) is 25.3 Å². The van der Waals surface area contributed by atoms with Crippen LogP contribution in [0.2, 0.25) is 0 Å². The van der Waals surface area contributed by atoms with Crippen LogP contribution in [-0.4, -0.2) is 28.9 Å². The zero-order valence-corrected chi connectivity index (χ0v) is 8.99. The highest BCUT2D eigenvalue weighted by molar-refractivity contribution is 5.73. The van der Waals surface area contributed by atoms with Crippen LogP contribution in [-0.2, 0) is 16.1 Å². The van der Waals surface area contributed by atoms with Gasteiger partial charge in [-0.3, -0.25) is 4.79 Å². The number of carbonyl (C=O) groups excluding carboxylic acids is 1. The second-order valence-corrected chi connectivity index (χ2v) is 3.69. The maximum atomic E-state index is 11.5. The van der Waals surface area contributed by atoms with Gasteiger partial charge in [-0.2, -0.15) is 5.10 Å². The molecule has 0 saturated carbocycles. The zero-order valence-electron chi connectivity index (χ0n) is 8.99. The van der Waals surface area contributed by atoms with E-state index in [0.717, 1.165) is 11.4 Å². The van der Waals surface area contributed by atoms with Crippen molar-refractivity contribution in [3.8, 4) is 0 Å². The summed E-state index contributed by atoms with van der Waals surface area (Å²) in [5.41, 5.74) is 1.11. The minimum Gasteiger partial charge on any atom is -0.466 e. The number of hydrogen-bond donors (Lipinski definition) is 1. The van der Waals surface area contributed by atoms with E-state index in [1.165, 1.54) is 0 Å². The molecule has 1 atom stereocenters. The molecule has 15 heavy (non-hydrogen) atoms. The summed E-state index contributed by atoms with van der Waals surface area (Å²) in [6.45, 7) is 5.48. The van der Waals surface area contributed by atoms with E-state index in [4.69, 9.17) is 4.74 Å². The number of ether oxygens (including phenoxy) is 1. The highest BCUT2D eigenvalue weighted by atomic mass is 16.5. The lowest BCUT2D eigenvalue weighted by Gasteiger charge is -2.23. The number of nitrogens with one attached hydrogen (secondary N) is 1. The first-order chi connectivity index (χ1) is 7.22. The molecular weight excluding hydrogens is 194 g/mol. The lowest BCUT2D eigenvalue weighted by molar-refractivity contribution is -0.148. The summed E-state index contributed by atoms with van der Waals surface area (Å²) in [6.07, 6.45) is 1.80. The Hall–Kier alpha value is -1.52. The molecule has 5 heteroatoms. The molecule has 0 aliphatic carbocycles. The van der Waals surface area contributed by atoms with Crippen LogP contribution in [0.4, 0.5) is 5.82 Å². The fourth-order valence-electron chi connectivity index (χ4n) is 1.76. The summed E-state index contributed by atoms with van der Waals surface area (Å²) >= 11 is 0. The van der Waals surface area contributed by atoms with Gasteiger partial charge in [-0.05, 0) is 13.8 Å². The molecule has 0 spiro atoms. The Kier molecular flexibility index (Phi) is 2.62. The first kappa shape index (κ1) is 10.0. The maximum Gasteiger partial charge on any atom is 0.312 e. The maximum absolute atomic E-state index is 11.5. The number of hydrogen-bond acceptors (Lipinski definition) is 4. The third-order valence-electron chi connectivity index (χ3n) is 2.55. The van der Waals surface area contributed by atoms with Crippen LogP contribution < -0.4 is 5.32 Å². The Labute approximate surface area is 88.4 Å². The molecule has 0 bridgehead atoms. The summed E-state index contributed by atoms with van der Waals surface area (Å²) in [7, 11) is 0. The number of carbonyl (C=O) groups is 1. The molecule has 82 valence electrons. The van der Waals surface area contributed by atoms with E-state index >= 15 is 0 Å². The molecule has 0 radical (unpaired) electrons. The molecule has 0 amide bonds. The summed E-state index contributed by atoms with van der Waals surface area (Å²) < 4.78 is 6.80. The minimum atomic E-state index is -0.149. The molecule has 0 fully saturated rings. The second kappa shape index (κ2) is 3.92. The number of aromatic nitrogens is 2. The van der Waals surface area contributed by atoms with Crippen LogP contribution in [0.1, 0.15) is 12.5 Å². The number of fused-ring (bicyclic) bond motifs is 1. The average molecular weight is 209 g/mol. The first-order valence-electron chi connectivity index (χ1n) is 5.15. The monoisotopic (exact) mass is 209 g/mol. The molecule has 1 aliphatic rings. The van der Waals surface area contributed by atoms with Gasteiger partial charge in [0, 0.05) is 12.1 Å². The Morgan fingerprint density at radius 2 is 2.60 bits per heavy atom. The van der Waals surface area contributed by atoms with Gasteiger partial charge >= 0.3 is 5.97 Å². The Morgan fingerprint density at radius 3 is 3.33 bits per heavy atom. The third-order valence-corrected chi connectivity index (χ3v) is 2.55. The normalized spacial score (nSPS) is 19.2. The lowest BCUT2D eigenvalue weighted by atomic mass is 10.1. The van der Waals surface area contributed by atoms with E-state index in [1.807, 2.05) is 18.5 Å². The summed E-state index contributed by atoms with van der Waals surface area (Å²) in [6, 6.07) is 0. The van der Waals surface area contributed by atoms with Gasteiger partial charge in [-0.1, -0.05) is 0 Å². The first-order valence-corrected chi connectivity index (χ1v) is 5.15. The topological polar surface area (TPSA) is 56.1 Å². The van der Waals surface area contributed by atoms with Crippen molar-refractivity contribution in [1.29, 1.82) is 0 Å². The van der Waals surface area contributed by atoms with Crippen molar-refractivity contribution in [1.82, 2.24) is 9.78 Å². The summed E-state index contributed by atoms with van der Waals surface area (Å²) in [5.74, 6) is 0.733. The second-order valence-electron chi connectivity index (χ2n) is 3.69. The quantitative estimate of drug-likeness (QED) is 0.732. The van der Waals surface area contributed by atoms with Crippen LogP contribution in [0.15, 0.2) is 6.20 Å². The molecule has 1 aromatic rings. The predicted octanol–water partition coefficient (Wildman–Crippen LogP) is 0.796. The highest BCUT2D eigenvalue weighted by Crippen LogP contribution is 2.21. The summed E-state index contributed by atoms with van der Waals surface area (Å²) in [5, 5.41) is 7.40. The van der Waals surface area contributed by atoms with E-state index in [2.05, 4.69) is 10.4 Å². The van der Waals surface area contributed by atoms with Gasteiger partial charge in [-0.15, -0.1) is 0 Å². The Balaban J connectivity index is 2.09. The van der Waals surface area contributed by atoms with Crippen LogP contribution in [0.3, 0.4) is 0 Å². The van der Waals surface area contributed by atoms with Crippen molar-refractivity contribution in [3.63, 3.8) is 0 Å². The number of anilines is 1. The summed E-state index contributed by atoms with van der Waals surface area (Å²) in [4.78, 5) is 11.5. The standard InChI is InChI=1S/C10H15N3O2/c1-3-15-10(14)8-5-11-9-7(2)4-12-13(9)6-8/h4,8,11H,3,5-6H2,1-2H3. The van der Waals surface area contributed by atoms with Crippen molar-refractivity contribution < 1.29 is 9.53 Å². The van der Waals surface area contributed by atoms with Gasteiger partial charge in [0.1, 0.15) is 5.82 Å². The number of nitrogens with zero attached hydrogens (tertiary/aromatic N) is 2. The molecule has 2 rings (SSSR count). The molecule has 0 aromatic carbocycles. The third kappa shape index (κ3) is 1.82. The van der Waals surface area contributed by atoms with E-state index in [0.29, 0.717) is 19.7 Å². The van der Waals surface area contributed by atoms with Gasteiger partial charge in [0.25, 0.3) is 0 Å². The van der Waals surface area contributed by atoms with Gasteiger partial charge in [0.2, 0.25) is 0 Å². The molecule has 1 unspecified atom stereocenters. The van der Waals surface area contributed by atoms with E-state index in [-0.39, 0.29) is 11.9 Å². The molecule has 1 aliphatic heterocycles. The number of esters is 1. The fraction of sp³-hybridized carbons (Fsp3) is 0.600. The molecule has 1 N–H and O–H groups in total. The Bertz CT molecular complexity index is 373. The highest BCUT2D eigenvalue weighted by Gasteiger charge is 2.26. The van der Waals surface area contributed by atoms with Crippen molar-refractivity contribution in [2.75, 3.05) is 18.5 Å². The molecule has 1 aromatic heterocycles. The van der Waals surface area contributed by atoms with Crippen molar-refractivity contribution in [3.05, 3.63) is 11.8 Å². The van der Waals surface area contributed by atoms with Crippen LogP contribution in [0.25, 0.3) is 0 Å². The van der Waals surface area contributed by atoms with Gasteiger partial charge in [-0.25, -0.2) is 4.68 Å². The molecule has 2 heterocycles. The fourth-order valence-corrected chi connectivity index (χ4v) is 1.76. The largest absolute Gasteiger partial charge is 0.466 e. The minimum absolute atomic E-state index is 0.128. The van der Waals surface area contributed by atoms with Crippen LogP contribution >= 0.6 is 0 Å². The average Bonchev–Trinajstić information content (AvgIpc) is 2.60. The lowest BCUT2D eigenvalue weighted by Crippen LogP contribution is -2.34. The SMILES string of the molecule is CCOC(=O)C1CNc2c(C)cnn2C1. The van der Waals surface area contributed by atoms with Crippen molar-refractivity contribution in [2.24, 2.45) is 5.92 Å². The molecular formula is C10H15N3O2. The van der Waals surface area contributed by atoms with Crippen molar-refractivity contribution >= 4 is 11.8 Å². The van der Waals surface area contributed by atoms with Crippen LogP contribution in [0.5, 0.6) is 0 Å². The number of rotatable bonds is 2. The van der Waals surface area contributed by atoms with Crippen LogP contribution in [0, 0.1) is 12.8 Å². The number of aryl methyl sites for hydroxylation is 1. The van der Waals surface area contributed by atoms with E-state index in [9.17, 15) is 4.79 Å². The molecule has 0 saturated heterocycles. The molecule has 5 nitrogen and oxygen atoms in total. The van der Waals surface area contributed by atoms with Gasteiger partial charge in [0.15, 0.2) is 0 Å². The Morgan fingerprint density at radius 1 is 1.80 bits per heavy atom. The zero-order chi connectivity index (χ0) is 10.8. The smallest absolute Gasteiger partial charge is 0.312 e. The van der Waals surface area contributed by atoms with Gasteiger partial charge < -0.3 is 10.1 Å². The van der Waals surface area contributed by atoms with Crippen molar-refractivity contribution in [2.45, 2.75) is 20.4 Å². The van der Waals surface area contributed by atoms with E-state index < -0.39 is 0 Å². The van der Waals surface area contributed by atoms with E-state index in [1.54, 1.807) is 6.20 Å². The predicted molar refractivity (Wildman–Crippen MR) is 55.6 cm³/mol.